The quantitative estimate of drug-likeness (QED) is 0.0607. The van der Waals surface area contributed by atoms with Gasteiger partial charge in [-0.1, -0.05) is 6.92 Å². The minimum Gasteiger partial charge on any atom is -0.481 e. The first kappa shape index (κ1) is 30.5. The second kappa shape index (κ2) is 15.4. The van der Waals surface area contributed by atoms with Gasteiger partial charge in [-0.3, -0.25) is 29.0 Å². The molecule has 15 nitrogen and oxygen atoms in total. The average molecular weight is 490 g/mol. The maximum absolute atomic E-state index is 12.7. The standard InChI is InChI=1S/C19H35N7O8/c1-9(8-27)15(31)25-12(7-13(29)30)17(33)26-14(10(2)28)18(34)24-11(16(32)22-3)5-4-6-23-19(20)21/h9-12,14,27-28H,4-8H2,1-3H3,(H,22,32)(H,24,34)(H,25,31)(H,26,33)(H,29,30)(H4,20,21,23). The van der Waals surface area contributed by atoms with Crippen LogP contribution in [-0.2, 0) is 24.0 Å². The second-order valence-corrected chi connectivity index (χ2v) is 7.59. The van der Waals surface area contributed by atoms with Crippen LogP contribution in [0.4, 0.5) is 0 Å². The number of aliphatic imine (C=N–C) groups is 1. The topological polar surface area (TPSA) is 259 Å². The number of nitrogens with zero attached hydrogens (tertiary/aromatic N) is 1. The number of hydrogen-bond acceptors (Lipinski definition) is 8. The molecule has 5 atom stereocenters. The number of carboxylic acids is 1. The third kappa shape index (κ3) is 11.4. The molecule has 0 aromatic carbocycles. The lowest BCUT2D eigenvalue weighted by Crippen LogP contribution is -2.60. The summed E-state index contributed by atoms with van der Waals surface area (Å²) in [4.78, 5) is 64.4. The summed E-state index contributed by atoms with van der Waals surface area (Å²) in [6.45, 7) is 2.24. The van der Waals surface area contributed by atoms with E-state index in [4.69, 9.17) is 21.7 Å². The molecule has 0 spiro atoms. The minimum absolute atomic E-state index is 0.131. The predicted octanol–water partition coefficient (Wildman–Crippen LogP) is -4.28. The number of guanidine groups is 1. The molecule has 0 heterocycles. The largest absolute Gasteiger partial charge is 0.481 e. The first-order valence-electron chi connectivity index (χ1n) is 10.5. The van der Waals surface area contributed by atoms with Crippen molar-refractivity contribution in [3.05, 3.63) is 0 Å². The Balaban J connectivity index is 5.43. The maximum atomic E-state index is 12.7. The summed E-state index contributed by atoms with van der Waals surface area (Å²) in [6.07, 6.45) is -1.78. The zero-order valence-electron chi connectivity index (χ0n) is 19.4. The van der Waals surface area contributed by atoms with Gasteiger partial charge in [0.25, 0.3) is 0 Å². The van der Waals surface area contributed by atoms with Crippen LogP contribution in [0.5, 0.6) is 0 Å². The fourth-order valence-electron chi connectivity index (χ4n) is 2.65. The molecule has 0 aromatic rings. The molecule has 0 radical (unpaired) electrons. The lowest BCUT2D eigenvalue weighted by molar-refractivity contribution is -0.142. The average Bonchev–Trinajstić information content (AvgIpc) is 2.76. The molecule has 0 fully saturated rings. The van der Waals surface area contributed by atoms with E-state index in [2.05, 4.69) is 26.3 Å². The molecule has 34 heavy (non-hydrogen) atoms. The molecule has 0 saturated heterocycles. The summed E-state index contributed by atoms with van der Waals surface area (Å²) in [5.41, 5.74) is 10.5. The van der Waals surface area contributed by atoms with Crippen LogP contribution in [0.3, 0.4) is 0 Å². The highest BCUT2D eigenvalue weighted by molar-refractivity contribution is 5.96. The smallest absolute Gasteiger partial charge is 0.305 e. The number of carbonyl (C=O) groups excluding carboxylic acids is 4. The van der Waals surface area contributed by atoms with E-state index >= 15 is 0 Å². The van der Waals surface area contributed by atoms with Gasteiger partial charge in [0.15, 0.2) is 5.96 Å². The van der Waals surface area contributed by atoms with E-state index in [9.17, 15) is 29.1 Å². The highest BCUT2D eigenvalue weighted by atomic mass is 16.4. The summed E-state index contributed by atoms with van der Waals surface area (Å²) in [6, 6.07) is -4.19. The Morgan fingerprint density at radius 1 is 0.912 bits per heavy atom. The molecule has 0 rings (SSSR count). The Hall–Kier alpha value is -3.46. The third-order valence-electron chi connectivity index (χ3n) is 4.62. The van der Waals surface area contributed by atoms with Crippen molar-refractivity contribution >= 4 is 35.6 Å². The van der Waals surface area contributed by atoms with E-state index in [1.54, 1.807) is 0 Å². The van der Waals surface area contributed by atoms with Crippen LogP contribution < -0.4 is 32.7 Å². The molecule has 194 valence electrons. The van der Waals surface area contributed by atoms with E-state index in [1.165, 1.54) is 20.9 Å². The molecule has 15 heteroatoms. The Bertz CT molecular complexity index is 755. The Labute approximate surface area is 196 Å². The van der Waals surface area contributed by atoms with Crippen LogP contribution in [0.15, 0.2) is 4.99 Å². The number of aliphatic hydroxyl groups is 2. The summed E-state index contributed by atoms with van der Waals surface area (Å²) in [5, 5.41) is 37.3. The van der Waals surface area contributed by atoms with Crippen LogP contribution >= 0.6 is 0 Å². The molecule has 0 bridgehead atoms. The van der Waals surface area contributed by atoms with Gasteiger partial charge in [-0.2, -0.15) is 0 Å². The predicted molar refractivity (Wildman–Crippen MR) is 120 cm³/mol. The molecular formula is C19H35N7O8. The summed E-state index contributed by atoms with van der Waals surface area (Å²) < 4.78 is 0. The number of carboxylic acid groups (broad SMARTS) is 1. The number of rotatable bonds is 15. The van der Waals surface area contributed by atoms with E-state index in [1.807, 2.05) is 0 Å². The first-order valence-corrected chi connectivity index (χ1v) is 10.5. The molecule has 4 amide bonds. The van der Waals surface area contributed by atoms with Crippen molar-refractivity contribution in [3.8, 4) is 0 Å². The van der Waals surface area contributed by atoms with E-state index < -0.39 is 72.8 Å². The van der Waals surface area contributed by atoms with Gasteiger partial charge in [0, 0.05) is 13.6 Å². The highest BCUT2D eigenvalue weighted by Gasteiger charge is 2.33. The number of aliphatic hydroxyl groups excluding tert-OH is 2. The van der Waals surface area contributed by atoms with Crippen LogP contribution in [0.25, 0.3) is 0 Å². The summed E-state index contributed by atoms with van der Waals surface area (Å²) in [5.74, 6) is -5.73. The van der Waals surface area contributed by atoms with E-state index in [0.29, 0.717) is 6.42 Å². The number of amides is 4. The van der Waals surface area contributed by atoms with Crippen molar-refractivity contribution in [2.75, 3.05) is 20.2 Å². The van der Waals surface area contributed by atoms with Gasteiger partial charge >= 0.3 is 5.97 Å². The van der Waals surface area contributed by atoms with Gasteiger partial charge in [0.1, 0.15) is 18.1 Å². The molecule has 0 saturated carbocycles. The van der Waals surface area contributed by atoms with Crippen molar-refractivity contribution in [2.24, 2.45) is 22.4 Å². The highest BCUT2D eigenvalue weighted by Crippen LogP contribution is 2.04. The third-order valence-corrected chi connectivity index (χ3v) is 4.62. The van der Waals surface area contributed by atoms with Gasteiger partial charge in [-0.05, 0) is 19.8 Å². The lowest BCUT2D eigenvalue weighted by atomic mass is 10.1. The fourth-order valence-corrected chi connectivity index (χ4v) is 2.65. The molecule has 0 aliphatic rings. The van der Waals surface area contributed by atoms with Crippen LogP contribution in [0.2, 0.25) is 0 Å². The number of nitrogens with one attached hydrogen (secondary N) is 4. The Morgan fingerprint density at radius 3 is 1.97 bits per heavy atom. The zero-order valence-corrected chi connectivity index (χ0v) is 19.4. The van der Waals surface area contributed by atoms with Crippen molar-refractivity contribution in [1.82, 2.24) is 21.3 Å². The van der Waals surface area contributed by atoms with Crippen LogP contribution in [0.1, 0.15) is 33.1 Å². The molecular weight excluding hydrogens is 454 g/mol. The van der Waals surface area contributed by atoms with Crippen molar-refractivity contribution < 1.29 is 39.3 Å². The first-order chi connectivity index (χ1) is 15.8. The normalized spacial score (nSPS) is 15.0. The van der Waals surface area contributed by atoms with Crippen molar-refractivity contribution in [2.45, 2.75) is 57.3 Å². The Morgan fingerprint density at radius 2 is 1.50 bits per heavy atom. The summed E-state index contributed by atoms with van der Waals surface area (Å²) in [7, 11) is 1.36. The summed E-state index contributed by atoms with van der Waals surface area (Å²) >= 11 is 0. The van der Waals surface area contributed by atoms with Gasteiger partial charge < -0.3 is 48.1 Å². The van der Waals surface area contributed by atoms with Gasteiger partial charge in [-0.15, -0.1) is 0 Å². The van der Waals surface area contributed by atoms with Crippen LogP contribution in [0, 0.1) is 5.92 Å². The monoisotopic (exact) mass is 489 g/mol. The number of nitrogens with two attached hydrogens (primary N) is 2. The van der Waals surface area contributed by atoms with Crippen LogP contribution in [-0.4, -0.2) is 95.3 Å². The van der Waals surface area contributed by atoms with Gasteiger partial charge in [0.05, 0.1) is 25.0 Å². The molecule has 11 N–H and O–H groups in total. The Kier molecular flexibility index (Phi) is 13.8. The van der Waals surface area contributed by atoms with Crippen molar-refractivity contribution in [1.29, 1.82) is 0 Å². The zero-order chi connectivity index (χ0) is 26.4. The van der Waals surface area contributed by atoms with Gasteiger partial charge in [0.2, 0.25) is 23.6 Å². The number of likely N-dealkylation sites (N-methyl/N-ethyl adjacent to an activating group) is 1. The number of hydrogen-bond donors (Lipinski definition) is 9. The lowest BCUT2D eigenvalue weighted by Gasteiger charge is -2.26. The maximum Gasteiger partial charge on any atom is 0.305 e. The van der Waals surface area contributed by atoms with E-state index in [0.717, 1.165) is 0 Å². The van der Waals surface area contributed by atoms with Crippen molar-refractivity contribution in [3.63, 3.8) is 0 Å². The molecule has 5 unspecified atom stereocenters. The SMILES string of the molecule is CNC(=O)C(CCCN=C(N)N)NC(=O)C(NC(=O)C(CC(=O)O)NC(=O)C(C)CO)C(C)O. The number of aliphatic carboxylic acids is 1. The molecule has 0 aliphatic carbocycles. The fraction of sp³-hybridized carbons (Fsp3) is 0.684. The molecule has 0 aromatic heterocycles. The van der Waals surface area contributed by atoms with Gasteiger partial charge in [-0.25, -0.2) is 0 Å². The minimum atomic E-state index is -1.58. The molecule has 0 aliphatic heterocycles. The van der Waals surface area contributed by atoms with E-state index in [-0.39, 0.29) is 18.9 Å². The number of carbonyl (C=O) groups is 5. The second-order valence-electron chi connectivity index (χ2n) is 7.59.